The second kappa shape index (κ2) is 3.54. The summed E-state index contributed by atoms with van der Waals surface area (Å²) in [6.45, 7) is 2.05. The molecule has 0 aromatic heterocycles. The summed E-state index contributed by atoms with van der Waals surface area (Å²) in [5.74, 6) is -0.0352. The van der Waals surface area contributed by atoms with E-state index in [1.54, 1.807) is 6.20 Å². The Morgan fingerprint density at radius 3 is 3.09 bits per heavy atom. The van der Waals surface area contributed by atoms with Crippen molar-refractivity contribution in [2.75, 3.05) is 6.66 Å². The highest BCUT2D eigenvalue weighted by molar-refractivity contribution is 7.42. The standard InChI is InChI=1S/C7H11N2OP/c1-11-6-2-5(8)3-7(10)9-4-6/h2,4,11H,3,8H2,1H3,(H,9,10). The molecule has 0 spiro atoms. The number of nitrogens with two attached hydrogens (primary N) is 1. The number of hydrogen-bond donors (Lipinski definition) is 2. The minimum atomic E-state index is -0.0352. The summed E-state index contributed by atoms with van der Waals surface area (Å²) in [5.41, 5.74) is 6.19. The summed E-state index contributed by atoms with van der Waals surface area (Å²) in [7, 11) is 0.668. The van der Waals surface area contributed by atoms with E-state index < -0.39 is 0 Å². The van der Waals surface area contributed by atoms with Gasteiger partial charge in [0.25, 0.3) is 0 Å². The lowest BCUT2D eigenvalue weighted by atomic mass is 10.3. The van der Waals surface area contributed by atoms with Crippen molar-refractivity contribution in [3.63, 3.8) is 0 Å². The lowest BCUT2D eigenvalue weighted by Gasteiger charge is -1.94. The average molecular weight is 170 g/mol. The van der Waals surface area contributed by atoms with E-state index in [1.807, 2.05) is 12.7 Å². The Bertz CT molecular complexity index is 233. The van der Waals surface area contributed by atoms with Gasteiger partial charge in [-0.15, -0.1) is 0 Å². The molecule has 1 amide bonds. The van der Waals surface area contributed by atoms with E-state index in [2.05, 4.69) is 5.32 Å². The number of allylic oxidation sites excluding steroid dienone is 2. The van der Waals surface area contributed by atoms with E-state index in [-0.39, 0.29) is 5.91 Å². The van der Waals surface area contributed by atoms with E-state index in [0.29, 0.717) is 20.7 Å². The summed E-state index contributed by atoms with van der Waals surface area (Å²) in [5, 5.41) is 3.74. The van der Waals surface area contributed by atoms with Crippen molar-refractivity contribution in [3.8, 4) is 0 Å². The maximum Gasteiger partial charge on any atom is 0.229 e. The van der Waals surface area contributed by atoms with E-state index in [4.69, 9.17) is 5.73 Å². The topological polar surface area (TPSA) is 55.1 Å². The largest absolute Gasteiger partial charge is 0.402 e. The molecule has 1 rings (SSSR count). The van der Waals surface area contributed by atoms with Crippen molar-refractivity contribution in [1.29, 1.82) is 0 Å². The van der Waals surface area contributed by atoms with Gasteiger partial charge in [0.05, 0.1) is 6.42 Å². The summed E-state index contributed by atoms with van der Waals surface area (Å²) in [6, 6.07) is 0. The fraction of sp³-hybridized carbons (Fsp3) is 0.286. The highest BCUT2D eigenvalue weighted by atomic mass is 31.1. The van der Waals surface area contributed by atoms with Gasteiger partial charge in [-0.25, -0.2) is 0 Å². The van der Waals surface area contributed by atoms with Crippen LogP contribution in [0.2, 0.25) is 0 Å². The first-order valence-corrected chi connectivity index (χ1v) is 4.85. The Balaban J connectivity index is 2.80. The fourth-order valence-electron chi connectivity index (χ4n) is 0.831. The first-order valence-electron chi connectivity index (χ1n) is 3.35. The highest BCUT2D eigenvalue weighted by Gasteiger charge is 2.05. The molecular formula is C7H11N2OP. The maximum absolute atomic E-state index is 10.9. The van der Waals surface area contributed by atoms with Crippen LogP contribution in [0.5, 0.6) is 0 Å². The van der Waals surface area contributed by atoms with E-state index in [0.717, 1.165) is 5.31 Å². The van der Waals surface area contributed by atoms with E-state index in [1.165, 1.54) is 0 Å². The zero-order chi connectivity index (χ0) is 8.27. The Morgan fingerprint density at radius 2 is 2.45 bits per heavy atom. The molecular weight excluding hydrogens is 159 g/mol. The van der Waals surface area contributed by atoms with Crippen molar-refractivity contribution < 1.29 is 4.79 Å². The van der Waals surface area contributed by atoms with Gasteiger partial charge < -0.3 is 11.1 Å². The number of carbonyl (C=O) groups is 1. The van der Waals surface area contributed by atoms with Gasteiger partial charge in [0.1, 0.15) is 0 Å². The van der Waals surface area contributed by atoms with Gasteiger partial charge in [-0.05, 0) is 18.1 Å². The van der Waals surface area contributed by atoms with E-state index in [9.17, 15) is 4.79 Å². The number of amides is 1. The molecule has 1 aliphatic rings. The van der Waals surface area contributed by atoms with Gasteiger partial charge >= 0.3 is 0 Å². The normalized spacial score (nSPS) is 19.2. The molecule has 0 bridgehead atoms. The second-order valence-corrected chi connectivity index (χ2v) is 3.39. The van der Waals surface area contributed by atoms with Crippen molar-refractivity contribution in [2.24, 2.45) is 5.73 Å². The molecule has 60 valence electrons. The summed E-state index contributed by atoms with van der Waals surface area (Å²) in [4.78, 5) is 10.9. The molecule has 4 heteroatoms. The Hall–Kier alpha value is -0.820. The third kappa shape index (κ3) is 2.35. The van der Waals surface area contributed by atoms with Crippen LogP contribution in [0.25, 0.3) is 0 Å². The molecule has 1 aliphatic heterocycles. The summed E-state index contributed by atoms with van der Waals surface area (Å²) < 4.78 is 0. The van der Waals surface area contributed by atoms with Crippen molar-refractivity contribution in [1.82, 2.24) is 5.32 Å². The quantitative estimate of drug-likeness (QED) is 0.563. The van der Waals surface area contributed by atoms with Crippen LogP contribution in [-0.2, 0) is 4.79 Å². The molecule has 1 unspecified atom stereocenters. The average Bonchev–Trinajstić information content (AvgIpc) is 2.11. The Labute approximate surface area is 67.5 Å². The van der Waals surface area contributed by atoms with Crippen LogP contribution in [0.3, 0.4) is 0 Å². The summed E-state index contributed by atoms with van der Waals surface area (Å²) >= 11 is 0. The summed E-state index contributed by atoms with van der Waals surface area (Å²) in [6.07, 6.45) is 3.89. The molecule has 11 heavy (non-hydrogen) atoms. The number of hydrogen-bond acceptors (Lipinski definition) is 2. The molecule has 1 heterocycles. The molecule has 1 atom stereocenters. The third-order valence-corrected chi connectivity index (χ3v) is 2.25. The predicted octanol–water partition coefficient (Wildman–Crippen LogP) is 0.499. The zero-order valence-corrected chi connectivity index (χ0v) is 7.35. The molecule has 0 radical (unpaired) electrons. The molecule has 0 aliphatic carbocycles. The van der Waals surface area contributed by atoms with Gasteiger partial charge in [-0.2, -0.15) is 0 Å². The SMILES string of the molecule is CPC1=CNC(=O)CC(N)=C1. The van der Waals surface area contributed by atoms with Crippen LogP contribution in [0, 0.1) is 0 Å². The lowest BCUT2D eigenvalue weighted by molar-refractivity contribution is -0.119. The van der Waals surface area contributed by atoms with E-state index >= 15 is 0 Å². The monoisotopic (exact) mass is 170 g/mol. The minimum absolute atomic E-state index is 0.0352. The van der Waals surface area contributed by atoms with Crippen LogP contribution in [0.15, 0.2) is 23.3 Å². The van der Waals surface area contributed by atoms with Crippen molar-refractivity contribution in [3.05, 3.63) is 23.3 Å². The third-order valence-electron chi connectivity index (χ3n) is 1.38. The fourth-order valence-corrected chi connectivity index (χ4v) is 1.38. The zero-order valence-electron chi connectivity index (χ0n) is 6.35. The van der Waals surface area contributed by atoms with Crippen molar-refractivity contribution >= 4 is 14.5 Å². The molecule has 3 N–H and O–H groups in total. The van der Waals surface area contributed by atoms with Crippen molar-refractivity contribution in [2.45, 2.75) is 6.42 Å². The molecule has 0 saturated heterocycles. The van der Waals surface area contributed by atoms with Gasteiger partial charge in [-0.3, -0.25) is 4.79 Å². The van der Waals surface area contributed by atoms with Crippen LogP contribution in [-0.4, -0.2) is 12.6 Å². The number of nitrogens with one attached hydrogen (secondary N) is 1. The van der Waals surface area contributed by atoms with Crippen LogP contribution < -0.4 is 11.1 Å². The number of rotatable bonds is 1. The molecule has 0 aromatic carbocycles. The van der Waals surface area contributed by atoms with Gasteiger partial charge in [0.15, 0.2) is 0 Å². The molecule has 0 aromatic rings. The minimum Gasteiger partial charge on any atom is -0.402 e. The number of carbonyl (C=O) groups excluding carboxylic acids is 1. The van der Waals surface area contributed by atoms with Crippen LogP contribution in [0.1, 0.15) is 6.42 Å². The lowest BCUT2D eigenvalue weighted by Crippen LogP contribution is -2.17. The first-order chi connectivity index (χ1) is 5.22. The van der Waals surface area contributed by atoms with Gasteiger partial charge in [-0.1, -0.05) is 8.58 Å². The van der Waals surface area contributed by atoms with Gasteiger partial charge in [0.2, 0.25) is 5.91 Å². The second-order valence-electron chi connectivity index (χ2n) is 2.31. The van der Waals surface area contributed by atoms with Gasteiger partial charge in [0, 0.05) is 11.9 Å². The van der Waals surface area contributed by atoms with Crippen LogP contribution in [0.4, 0.5) is 0 Å². The molecule has 3 nitrogen and oxygen atoms in total. The predicted molar refractivity (Wildman–Crippen MR) is 47.4 cm³/mol. The molecule has 0 fully saturated rings. The molecule has 0 saturated carbocycles. The highest BCUT2D eigenvalue weighted by Crippen LogP contribution is 2.21. The first kappa shape index (κ1) is 8.28. The smallest absolute Gasteiger partial charge is 0.229 e. The Morgan fingerprint density at radius 1 is 1.73 bits per heavy atom. The van der Waals surface area contributed by atoms with Crippen LogP contribution >= 0.6 is 8.58 Å². The Kier molecular flexibility index (Phi) is 2.66. The maximum atomic E-state index is 10.9.